The Morgan fingerprint density at radius 2 is 2.23 bits per heavy atom. The van der Waals surface area contributed by atoms with E-state index < -0.39 is 0 Å². The topological polar surface area (TPSA) is 46.9 Å². The number of nitrogens with one attached hydrogen (secondary N) is 1. The number of aryl methyl sites for hydroxylation is 2. The Labute approximate surface area is 134 Å². The lowest BCUT2D eigenvalue weighted by Crippen LogP contribution is -2.32. The SMILES string of the molecule is Cn1ccnc1[C@@H](NC(=O)c1csc2c1CCCC2)C1CC1. The molecule has 1 fully saturated rings. The first kappa shape index (κ1) is 14.0. The van der Waals surface area contributed by atoms with Crippen molar-refractivity contribution in [3.05, 3.63) is 39.6 Å². The van der Waals surface area contributed by atoms with E-state index in [2.05, 4.69) is 10.3 Å². The second-order valence-corrected chi connectivity index (χ2v) is 7.41. The van der Waals surface area contributed by atoms with Crippen LogP contribution in [0.2, 0.25) is 0 Å². The van der Waals surface area contributed by atoms with Crippen molar-refractivity contribution in [2.45, 2.75) is 44.6 Å². The Kier molecular flexibility index (Phi) is 3.53. The summed E-state index contributed by atoms with van der Waals surface area (Å²) in [6.45, 7) is 0. The van der Waals surface area contributed by atoms with Crippen LogP contribution in [0.4, 0.5) is 0 Å². The number of hydrogen-bond acceptors (Lipinski definition) is 3. The largest absolute Gasteiger partial charge is 0.342 e. The number of amides is 1. The summed E-state index contributed by atoms with van der Waals surface area (Å²) in [5.41, 5.74) is 2.20. The third-order valence-corrected chi connectivity index (χ3v) is 5.91. The van der Waals surface area contributed by atoms with Crippen LogP contribution in [0.3, 0.4) is 0 Å². The summed E-state index contributed by atoms with van der Waals surface area (Å²) < 4.78 is 2.02. The molecule has 0 unspecified atom stereocenters. The minimum absolute atomic E-state index is 0.0478. The molecule has 0 aromatic carbocycles. The Bertz CT molecular complexity index is 699. The fraction of sp³-hybridized carbons (Fsp3) is 0.529. The molecule has 2 aromatic rings. The van der Waals surface area contributed by atoms with Gasteiger partial charge in [0.1, 0.15) is 5.82 Å². The molecule has 2 aliphatic carbocycles. The zero-order valence-corrected chi connectivity index (χ0v) is 13.7. The number of carbonyl (C=O) groups is 1. The molecule has 0 saturated heterocycles. The molecule has 1 amide bonds. The van der Waals surface area contributed by atoms with Crippen LogP contribution in [0.15, 0.2) is 17.8 Å². The molecule has 2 aromatic heterocycles. The van der Waals surface area contributed by atoms with E-state index >= 15 is 0 Å². The number of carbonyl (C=O) groups excluding carboxylic acids is 1. The number of fused-ring (bicyclic) bond motifs is 1. The van der Waals surface area contributed by atoms with Gasteiger partial charge in [-0.25, -0.2) is 4.98 Å². The summed E-state index contributed by atoms with van der Waals surface area (Å²) in [5.74, 6) is 1.60. The molecule has 0 bridgehead atoms. The number of thiophene rings is 1. The number of imidazole rings is 1. The van der Waals surface area contributed by atoms with E-state index in [-0.39, 0.29) is 11.9 Å². The van der Waals surface area contributed by atoms with E-state index in [0.717, 1.165) is 24.2 Å². The Morgan fingerprint density at radius 3 is 2.95 bits per heavy atom. The molecule has 1 saturated carbocycles. The Morgan fingerprint density at radius 1 is 1.41 bits per heavy atom. The van der Waals surface area contributed by atoms with Gasteiger partial charge in [-0.2, -0.15) is 0 Å². The summed E-state index contributed by atoms with van der Waals surface area (Å²) >= 11 is 1.75. The van der Waals surface area contributed by atoms with Crippen LogP contribution in [-0.2, 0) is 19.9 Å². The lowest BCUT2D eigenvalue weighted by molar-refractivity contribution is 0.0928. The number of rotatable bonds is 4. The minimum atomic E-state index is 0.0478. The Balaban J connectivity index is 1.58. The lowest BCUT2D eigenvalue weighted by Gasteiger charge is -2.19. The van der Waals surface area contributed by atoms with Crippen LogP contribution in [-0.4, -0.2) is 15.5 Å². The maximum atomic E-state index is 12.8. The molecule has 1 N–H and O–H groups in total. The first-order valence-electron chi connectivity index (χ1n) is 8.11. The van der Waals surface area contributed by atoms with Gasteiger partial charge in [0.15, 0.2) is 0 Å². The van der Waals surface area contributed by atoms with Crippen LogP contribution in [0.25, 0.3) is 0 Å². The average molecular weight is 315 g/mol. The van der Waals surface area contributed by atoms with Crippen molar-refractivity contribution in [1.29, 1.82) is 0 Å². The monoisotopic (exact) mass is 315 g/mol. The van der Waals surface area contributed by atoms with Gasteiger partial charge in [0, 0.05) is 29.7 Å². The highest BCUT2D eigenvalue weighted by Gasteiger charge is 2.36. The molecule has 0 aliphatic heterocycles. The van der Waals surface area contributed by atoms with Gasteiger partial charge in [0.2, 0.25) is 0 Å². The van der Waals surface area contributed by atoms with Crippen molar-refractivity contribution >= 4 is 17.2 Å². The van der Waals surface area contributed by atoms with Crippen molar-refractivity contribution in [2.75, 3.05) is 0 Å². The molecular formula is C17H21N3OS. The van der Waals surface area contributed by atoms with E-state index in [1.54, 1.807) is 11.3 Å². The first-order valence-corrected chi connectivity index (χ1v) is 8.99. The van der Waals surface area contributed by atoms with E-state index in [0.29, 0.717) is 5.92 Å². The van der Waals surface area contributed by atoms with Gasteiger partial charge >= 0.3 is 0 Å². The van der Waals surface area contributed by atoms with Crippen LogP contribution < -0.4 is 5.32 Å². The smallest absolute Gasteiger partial charge is 0.253 e. The van der Waals surface area contributed by atoms with E-state index in [4.69, 9.17) is 0 Å². The predicted molar refractivity (Wildman–Crippen MR) is 87.1 cm³/mol. The van der Waals surface area contributed by atoms with Gasteiger partial charge in [0.05, 0.1) is 11.6 Å². The van der Waals surface area contributed by atoms with Crippen molar-refractivity contribution in [1.82, 2.24) is 14.9 Å². The molecule has 5 heteroatoms. The molecule has 4 rings (SSSR count). The summed E-state index contributed by atoms with van der Waals surface area (Å²) in [4.78, 5) is 18.6. The van der Waals surface area contributed by atoms with Crippen LogP contribution in [0, 0.1) is 5.92 Å². The second-order valence-electron chi connectivity index (χ2n) is 6.44. The van der Waals surface area contributed by atoms with Crippen molar-refractivity contribution in [2.24, 2.45) is 13.0 Å². The van der Waals surface area contributed by atoms with Crippen molar-refractivity contribution < 1.29 is 4.79 Å². The van der Waals surface area contributed by atoms with E-state index in [1.165, 1.54) is 36.1 Å². The second kappa shape index (κ2) is 5.54. The lowest BCUT2D eigenvalue weighted by atomic mass is 9.95. The summed E-state index contributed by atoms with van der Waals surface area (Å²) in [6, 6.07) is 0.0478. The average Bonchev–Trinajstić information content (AvgIpc) is 3.14. The van der Waals surface area contributed by atoms with Gasteiger partial charge in [-0.3, -0.25) is 4.79 Å². The highest BCUT2D eigenvalue weighted by atomic mass is 32.1. The third-order valence-electron chi connectivity index (χ3n) is 4.82. The van der Waals surface area contributed by atoms with E-state index in [1.807, 2.05) is 29.4 Å². The van der Waals surface area contributed by atoms with E-state index in [9.17, 15) is 4.79 Å². The summed E-state index contributed by atoms with van der Waals surface area (Å²) in [5, 5.41) is 5.31. The van der Waals surface area contributed by atoms with Crippen LogP contribution in [0.1, 0.15) is 58.3 Å². The third kappa shape index (κ3) is 2.47. The molecule has 22 heavy (non-hydrogen) atoms. The molecular weight excluding hydrogens is 294 g/mol. The van der Waals surface area contributed by atoms with Gasteiger partial charge in [-0.1, -0.05) is 0 Å². The molecule has 1 atom stereocenters. The summed E-state index contributed by atoms with van der Waals surface area (Å²) in [7, 11) is 2.00. The first-order chi connectivity index (χ1) is 10.7. The maximum Gasteiger partial charge on any atom is 0.253 e. The molecule has 2 heterocycles. The zero-order valence-electron chi connectivity index (χ0n) is 12.8. The predicted octanol–water partition coefficient (Wildman–Crippen LogP) is 3.24. The standard InChI is InChI=1S/C17H21N3OS/c1-20-9-8-18-16(20)15(11-6-7-11)19-17(21)13-10-22-14-5-3-2-4-12(13)14/h8-11,15H,2-7H2,1H3,(H,19,21)/t15-/m0/s1. The van der Waals surface area contributed by atoms with Gasteiger partial charge in [0.25, 0.3) is 5.91 Å². The fourth-order valence-electron chi connectivity index (χ4n) is 3.40. The molecule has 116 valence electrons. The van der Waals surface area contributed by atoms with Gasteiger partial charge < -0.3 is 9.88 Å². The highest BCUT2D eigenvalue weighted by Crippen LogP contribution is 2.41. The van der Waals surface area contributed by atoms with Gasteiger partial charge in [-0.15, -0.1) is 11.3 Å². The fourth-order valence-corrected chi connectivity index (χ4v) is 4.53. The molecule has 0 spiro atoms. The quantitative estimate of drug-likeness (QED) is 0.941. The number of hydrogen-bond donors (Lipinski definition) is 1. The van der Waals surface area contributed by atoms with Gasteiger partial charge in [-0.05, 0) is 50.0 Å². The number of nitrogens with zero attached hydrogens (tertiary/aromatic N) is 2. The van der Waals surface area contributed by atoms with Crippen LogP contribution in [0.5, 0.6) is 0 Å². The zero-order chi connectivity index (χ0) is 15.1. The van der Waals surface area contributed by atoms with Crippen molar-refractivity contribution in [3.63, 3.8) is 0 Å². The normalized spacial score (nSPS) is 18.8. The minimum Gasteiger partial charge on any atom is -0.342 e. The Hall–Kier alpha value is -1.62. The molecule has 2 aliphatic rings. The maximum absolute atomic E-state index is 12.8. The van der Waals surface area contributed by atoms with Crippen LogP contribution >= 0.6 is 11.3 Å². The summed E-state index contributed by atoms with van der Waals surface area (Å²) in [6.07, 6.45) is 10.8. The molecule has 0 radical (unpaired) electrons. The number of aromatic nitrogens is 2. The van der Waals surface area contributed by atoms with Crippen molar-refractivity contribution in [3.8, 4) is 0 Å². The molecule has 4 nitrogen and oxygen atoms in total. The highest BCUT2D eigenvalue weighted by molar-refractivity contribution is 7.10.